The van der Waals surface area contributed by atoms with Crippen molar-refractivity contribution < 1.29 is 23.4 Å². The van der Waals surface area contributed by atoms with Crippen molar-refractivity contribution in [2.45, 2.75) is 18.9 Å². The molecule has 1 saturated heterocycles. The molecule has 8 heteroatoms. The number of amides is 1. The molecule has 1 fully saturated rings. The van der Waals surface area contributed by atoms with Crippen LogP contribution in [-0.2, 0) is 4.79 Å². The van der Waals surface area contributed by atoms with E-state index in [1.165, 1.54) is 23.5 Å². The number of thiazole rings is 1. The first kappa shape index (κ1) is 19.4. The summed E-state index contributed by atoms with van der Waals surface area (Å²) < 4.78 is 31.2. The molecule has 152 valence electrons. The van der Waals surface area contributed by atoms with Gasteiger partial charge in [-0.3, -0.25) is 4.79 Å². The fourth-order valence-electron chi connectivity index (χ4n) is 3.22. The number of aromatic nitrogens is 1. The maximum atomic E-state index is 13.6. The van der Waals surface area contributed by atoms with Gasteiger partial charge in [0.15, 0.2) is 18.2 Å². The van der Waals surface area contributed by atoms with E-state index in [1.54, 1.807) is 24.1 Å². The minimum absolute atomic E-state index is 0.00833. The molecule has 0 radical (unpaired) electrons. The number of likely N-dealkylation sites (tertiary alicyclic amines) is 1. The number of halogens is 1. The Morgan fingerprint density at radius 2 is 2.03 bits per heavy atom. The summed E-state index contributed by atoms with van der Waals surface area (Å²) in [4.78, 5) is 18.6. The van der Waals surface area contributed by atoms with E-state index in [9.17, 15) is 9.18 Å². The Morgan fingerprint density at radius 3 is 2.79 bits per heavy atom. The Morgan fingerprint density at radius 1 is 1.24 bits per heavy atom. The van der Waals surface area contributed by atoms with Gasteiger partial charge < -0.3 is 19.1 Å². The van der Waals surface area contributed by atoms with Crippen molar-refractivity contribution in [2.24, 2.45) is 0 Å². The molecular formula is C21H21FN2O4S. The van der Waals surface area contributed by atoms with Crippen molar-refractivity contribution in [3.8, 4) is 16.7 Å². The standard InChI is InChI=1S/C21H21FN2O4S/c1-26-15-6-7-17-19(12-15)29-21(23-17)28-14-8-10-24(11-9-14)20(25)13-27-18-5-3-2-4-16(18)22/h2-7,12,14H,8-11,13H2,1H3. The number of hydrogen-bond donors (Lipinski definition) is 0. The normalized spacial score (nSPS) is 14.8. The molecule has 2 heterocycles. The van der Waals surface area contributed by atoms with E-state index >= 15 is 0 Å². The van der Waals surface area contributed by atoms with Crippen LogP contribution < -0.4 is 14.2 Å². The summed E-state index contributed by atoms with van der Waals surface area (Å²) in [6, 6.07) is 11.8. The number of piperidine rings is 1. The van der Waals surface area contributed by atoms with Crippen LogP contribution in [0.15, 0.2) is 42.5 Å². The van der Waals surface area contributed by atoms with Crippen LogP contribution in [0.2, 0.25) is 0 Å². The van der Waals surface area contributed by atoms with Crippen LogP contribution in [0.5, 0.6) is 16.7 Å². The molecule has 0 atom stereocenters. The molecule has 1 aromatic heterocycles. The first-order valence-electron chi connectivity index (χ1n) is 9.39. The van der Waals surface area contributed by atoms with Crippen molar-refractivity contribution in [3.63, 3.8) is 0 Å². The zero-order valence-corrected chi connectivity index (χ0v) is 16.8. The second kappa shape index (κ2) is 8.65. The molecule has 29 heavy (non-hydrogen) atoms. The Labute approximate surface area is 171 Å². The highest BCUT2D eigenvalue weighted by atomic mass is 32.1. The Hall–Kier alpha value is -2.87. The van der Waals surface area contributed by atoms with Crippen LogP contribution in [0.3, 0.4) is 0 Å². The number of nitrogens with zero attached hydrogens (tertiary/aromatic N) is 2. The van der Waals surface area contributed by atoms with Crippen LogP contribution in [0.4, 0.5) is 4.39 Å². The summed E-state index contributed by atoms with van der Waals surface area (Å²) >= 11 is 1.49. The first-order valence-corrected chi connectivity index (χ1v) is 10.2. The smallest absolute Gasteiger partial charge is 0.274 e. The lowest BCUT2D eigenvalue weighted by molar-refractivity contribution is -0.135. The SMILES string of the molecule is COc1ccc2nc(OC3CCN(C(=O)COc4ccccc4F)CC3)sc2c1. The third kappa shape index (κ3) is 4.59. The van der Waals surface area contributed by atoms with Gasteiger partial charge in [0.1, 0.15) is 11.9 Å². The molecule has 1 amide bonds. The number of rotatable bonds is 6. The van der Waals surface area contributed by atoms with Gasteiger partial charge in [-0.05, 0) is 30.3 Å². The van der Waals surface area contributed by atoms with Gasteiger partial charge in [0.05, 0.1) is 17.3 Å². The number of benzene rings is 2. The lowest BCUT2D eigenvalue weighted by Crippen LogP contribution is -2.43. The van der Waals surface area contributed by atoms with E-state index in [0.717, 1.165) is 16.0 Å². The minimum atomic E-state index is -0.471. The average molecular weight is 416 g/mol. The van der Waals surface area contributed by atoms with Gasteiger partial charge in [0.2, 0.25) is 0 Å². The minimum Gasteiger partial charge on any atom is -0.497 e. The van der Waals surface area contributed by atoms with Crippen LogP contribution >= 0.6 is 11.3 Å². The number of fused-ring (bicyclic) bond motifs is 1. The fraction of sp³-hybridized carbons (Fsp3) is 0.333. The zero-order valence-electron chi connectivity index (χ0n) is 16.0. The maximum Gasteiger partial charge on any atom is 0.274 e. The van der Waals surface area contributed by atoms with Crippen molar-refractivity contribution in [2.75, 3.05) is 26.8 Å². The lowest BCUT2D eigenvalue weighted by Gasteiger charge is -2.31. The molecular weight excluding hydrogens is 395 g/mol. The highest BCUT2D eigenvalue weighted by molar-refractivity contribution is 7.20. The molecule has 6 nitrogen and oxygen atoms in total. The molecule has 0 saturated carbocycles. The molecule has 0 N–H and O–H groups in total. The van der Waals surface area contributed by atoms with Crippen LogP contribution in [0.1, 0.15) is 12.8 Å². The van der Waals surface area contributed by atoms with Gasteiger partial charge in [-0.15, -0.1) is 0 Å². The summed E-state index contributed by atoms with van der Waals surface area (Å²) in [6.07, 6.45) is 1.43. The molecule has 0 aliphatic carbocycles. The average Bonchev–Trinajstić information content (AvgIpc) is 3.14. The predicted molar refractivity (Wildman–Crippen MR) is 108 cm³/mol. The molecule has 1 aliphatic heterocycles. The van der Waals surface area contributed by atoms with E-state index in [0.29, 0.717) is 31.1 Å². The van der Waals surface area contributed by atoms with Crippen LogP contribution in [0.25, 0.3) is 10.2 Å². The second-order valence-electron chi connectivity index (χ2n) is 6.73. The number of ether oxygens (including phenoxy) is 3. The zero-order chi connectivity index (χ0) is 20.2. The van der Waals surface area contributed by atoms with Gasteiger partial charge in [-0.25, -0.2) is 9.37 Å². The first-order chi connectivity index (χ1) is 14.1. The van der Waals surface area contributed by atoms with Gasteiger partial charge in [-0.1, -0.05) is 23.5 Å². The second-order valence-corrected chi connectivity index (χ2v) is 7.72. The molecule has 0 unspecified atom stereocenters. The summed E-state index contributed by atoms with van der Waals surface area (Å²) in [7, 11) is 1.63. The van der Waals surface area contributed by atoms with Crippen molar-refractivity contribution >= 4 is 27.5 Å². The highest BCUT2D eigenvalue weighted by Crippen LogP contribution is 2.32. The van der Waals surface area contributed by atoms with Gasteiger partial charge in [0, 0.05) is 25.9 Å². The van der Waals surface area contributed by atoms with E-state index < -0.39 is 5.82 Å². The van der Waals surface area contributed by atoms with E-state index in [2.05, 4.69) is 4.98 Å². The summed E-state index contributed by atoms with van der Waals surface area (Å²) in [5.74, 6) is 0.253. The maximum absolute atomic E-state index is 13.6. The van der Waals surface area contributed by atoms with Gasteiger partial charge in [-0.2, -0.15) is 0 Å². The summed E-state index contributed by atoms with van der Waals surface area (Å²) in [5.41, 5.74) is 0.878. The van der Waals surface area contributed by atoms with Crippen molar-refractivity contribution in [1.82, 2.24) is 9.88 Å². The predicted octanol–water partition coefficient (Wildman–Crippen LogP) is 3.89. The van der Waals surface area contributed by atoms with Crippen molar-refractivity contribution in [3.05, 3.63) is 48.3 Å². The third-order valence-corrected chi connectivity index (χ3v) is 5.73. The Kier molecular flexibility index (Phi) is 5.80. The van der Waals surface area contributed by atoms with E-state index in [4.69, 9.17) is 14.2 Å². The molecule has 4 rings (SSSR count). The van der Waals surface area contributed by atoms with E-state index in [-0.39, 0.29) is 24.4 Å². The molecule has 3 aromatic rings. The molecule has 0 bridgehead atoms. The summed E-state index contributed by atoms with van der Waals surface area (Å²) in [6.45, 7) is 0.970. The Bertz CT molecular complexity index is 1000. The van der Waals surface area contributed by atoms with Gasteiger partial charge in [0.25, 0.3) is 11.1 Å². The third-order valence-electron chi connectivity index (χ3n) is 4.83. The van der Waals surface area contributed by atoms with Crippen LogP contribution in [-0.4, -0.2) is 48.7 Å². The fourth-order valence-corrected chi connectivity index (χ4v) is 4.13. The summed E-state index contributed by atoms with van der Waals surface area (Å²) in [5, 5.41) is 0.626. The largest absolute Gasteiger partial charge is 0.497 e. The monoisotopic (exact) mass is 416 g/mol. The topological polar surface area (TPSA) is 60.9 Å². The van der Waals surface area contributed by atoms with E-state index in [1.807, 2.05) is 18.2 Å². The molecule has 1 aliphatic rings. The molecule has 0 spiro atoms. The number of hydrogen-bond acceptors (Lipinski definition) is 6. The molecule has 2 aromatic carbocycles. The number of carbonyl (C=O) groups is 1. The Balaban J connectivity index is 1.28. The van der Waals surface area contributed by atoms with Gasteiger partial charge >= 0.3 is 0 Å². The van der Waals surface area contributed by atoms with Crippen LogP contribution in [0, 0.1) is 5.82 Å². The lowest BCUT2D eigenvalue weighted by atomic mass is 10.1. The highest BCUT2D eigenvalue weighted by Gasteiger charge is 2.25. The van der Waals surface area contributed by atoms with Crippen molar-refractivity contribution in [1.29, 1.82) is 0 Å². The quantitative estimate of drug-likeness (QED) is 0.610. The number of para-hydroxylation sites is 1. The number of carbonyl (C=O) groups excluding carboxylic acids is 1. The number of methoxy groups -OCH3 is 1.